The molecule has 1 fully saturated rings. The number of hydrogen-bond donors (Lipinski definition) is 1. The topological polar surface area (TPSA) is 98.7 Å². The highest BCUT2D eigenvalue weighted by atomic mass is 19.3. The summed E-state index contributed by atoms with van der Waals surface area (Å²) < 4.78 is 31.9. The number of nitrogens with zero attached hydrogens (tertiary/aromatic N) is 5. The summed E-state index contributed by atoms with van der Waals surface area (Å²) in [6.07, 6.45) is 1.23. The van der Waals surface area contributed by atoms with Gasteiger partial charge in [-0.3, -0.25) is 14.5 Å². The summed E-state index contributed by atoms with van der Waals surface area (Å²) in [4.78, 5) is 21.1. The SMILES string of the molecule is CC(NC(=O)c1cc(C(F)F)nn1C)c1noc(-c2ccnc(C3CC3)c2)n1. The molecule has 0 aliphatic heterocycles. The van der Waals surface area contributed by atoms with Crippen molar-refractivity contribution in [1.82, 2.24) is 30.2 Å². The maximum absolute atomic E-state index is 12.8. The number of carbonyl (C=O) groups excluding carboxylic acids is 1. The first-order valence-corrected chi connectivity index (χ1v) is 8.85. The Morgan fingerprint density at radius 1 is 1.36 bits per heavy atom. The zero-order valence-corrected chi connectivity index (χ0v) is 15.3. The van der Waals surface area contributed by atoms with Crippen molar-refractivity contribution in [3.63, 3.8) is 0 Å². The van der Waals surface area contributed by atoms with Crippen LogP contribution in [0.2, 0.25) is 0 Å². The molecule has 3 aromatic heterocycles. The first-order valence-electron chi connectivity index (χ1n) is 8.85. The van der Waals surface area contributed by atoms with Gasteiger partial charge in [0.2, 0.25) is 0 Å². The molecule has 4 rings (SSSR count). The second-order valence-electron chi connectivity index (χ2n) is 6.78. The number of aromatic nitrogens is 5. The molecule has 1 atom stereocenters. The van der Waals surface area contributed by atoms with E-state index in [0.717, 1.165) is 34.8 Å². The van der Waals surface area contributed by atoms with Crippen LogP contribution in [0.1, 0.15) is 65.9 Å². The van der Waals surface area contributed by atoms with Crippen LogP contribution in [0.25, 0.3) is 11.5 Å². The molecular formula is C18H18F2N6O2. The lowest BCUT2D eigenvalue weighted by Crippen LogP contribution is -2.29. The zero-order chi connectivity index (χ0) is 19.8. The summed E-state index contributed by atoms with van der Waals surface area (Å²) in [5.74, 6) is 0.559. The van der Waals surface area contributed by atoms with E-state index in [2.05, 4.69) is 25.5 Å². The van der Waals surface area contributed by atoms with Gasteiger partial charge >= 0.3 is 0 Å². The second-order valence-corrected chi connectivity index (χ2v) is 6.78. The van der Waals surface area contributed by atoms with Crippen molar-refractivity contribution in [2.45, 2.75) is 38.2 Å². The number of amides is 1. The molecule has 1 aliphatic rings. The molecule has 8 nitrogen and oxygen atoms in total. The van der Waals surface area contributed by atoms with E-state index < -0.39 is 24.1 Å². The van der Waals surface area contributed by atoms with Crippen LogP contribution in [-0.4, -0.2) is 30.8 Å². The van der Waals surface area contributed by atoms with Crippen molar-refractivity contribution in [2.24, 2.45) is 7.05 Å². The standard InChI is InChI=1S/C18H18F2N6O2/c1-9(22-17(27)14-8-13(15(19)20)24-26(14)2)16-23-18(28-25-16)11-5-6-21-12(7-11)10-3-4-10/h5-10,15H,3-4H2,1-2H3,(H,22,27). The van der Waals surface area contributed by atoms with Crippen LogP contribution in [0, 0.1) is 0 Å². The van der Waals surface area contributed by atoms with Gasteiger partial charge in [-0.15, -0.1) is 0 Å². The molecule has 0 saturated heterocycles. The Morgan fingerprint density at radius 3 is 2.82 bits per heavy atom. The van der Waals surface area contributed by atoms with Crippen molar-refractivity contribution >= 4 is 5.91 Å². The van der Waals surface area contributed by atoms with Crippen molar-refractivity contribution in [1.29, 1.82) is 0 Å². The van der Waals surface area contributed by atoms with Gasteiger partial charge in [-0.25, -0.2) is 8.78 Å². The number of nitrogens with one attached hydrogen (secondary N) is 1. The van der Waals surface area contributed by atoms with E-state index in [-0.39, 0.29) is 11.5 Å². The molecule has 1 aliphatic carbocycles. The second kappa shape index (κ2) is 7.10. The summed E-state index contributed by atoms with van der Waals surface area (Å²) in [6, 6.07) is 4.19. The molecule has 1 unspecified atom stereocenters. The molecule has 28 heavy (non-hydrogen) atoms. The first-order chi connectivity index (χ1) is 13.4. The molecule has 0 spiro atoms. The fourth-order valence-electron chi connectivity index (χ4n) is 2.86. The Labute approximate surface area is 159 Å². The Kier molecular flexibility index (Phi) is 4.62. The first kappa shape index (κ1) is 18.2. The number of alkyl halides is 2. The summed E-state index contributed by atoms with van der Waals surface area (Å²) in [6.45, 7) is 1.68. The van der Waals surface area contributed by atoms with E-state index in [1.807, 2.05) is 6.07 Å². The van der Waals surface area contributed by atoms with E-state index in [1.54, 1.807) is 19.2 Å². The van der Waals surface area contributed by atoms with Crippen LogP contribution in [-0.2, 0) is 7.05 Å². The third-order valence-corrected chi connectivity index (χ3v) is 4.56. The smallest absolute Gasteiger partial charge is 0.282 e. The molecule has 10 heteroatoms. The fourth-order valence-corrected chi connectivity index (χ4v) is 2.86. The molecule has 1 amide bonds. The van der Waals surface area contributed by atoms with E-state index in [0.29, 0.717) is 11.8 Å². The van der Waals surface area contributed by atoms with Crippen LogP contribution in [0.15, 0.2) is 28.9 Å². The highest BCUT2D eigenvalue weighted by Gasteiger charge is 2.26. The minimum atomic E-state index is -2.74. The van der Waals surface area contributed by atoms with Gasteiger partial charge in [0.25, 0.3) is 18.2 Å². The van der Waals surface area contributed by atoms with Gasteiger partial charge in [0.05, 0.1) is 6.04 Å². The van der Waals surface area contributed by atoms with Crippen LogP contribution in [0.4, 0.5) is 8.78 Å². The lowest BCUT2D eigenvalue weighted by atomic mass is 10.2. The number of halogens is 2. The third-order valence-electron chi connectivity index (χ3n) is 4.56. The van der Waals surface area contributed by atoms with Crippen molar-refractivity contribution in [2.75, 3.05) is 0 Å². The number of rotatable bonds is 6. The number of aryl methyl sites for hydroxylation is 1. The average molecular weight is 388 g/mol. The molecule has 1 N–H and O–H groups in total. The quantitative estimate of drug-likeness (QED) is 0.696. The van der Waals surface area contributed by atoms with Crippen molar-refractivity contribution in [3.05, 3.63) is 47.3 Å². The van der Waals surface area contributed by atoms with Crippen LogP contribution in [0.5, 0.6) is 0 Å². The van der Waals surface area contributed by atoms with Crippen molar-refractivity contribution < 1.29 is 18.1 Å². The lowest BCUT2D eigenvalue weighted by molar-refractivity contribution is 0.0928. The highest BCUT2D eigenvalue weighted by molar-refractivity contribution is 5.92. The maximum Gasteiger partial charge on any atom is 0.282 e. The molecule has 0 aromatic carbocycles. The molecule has 146 valence electrons. The summed E-state index contributed by atoms with van der Waals surface area (Å²) in [5, 5.41) is 10.2. The largest absolute Gasteiger partial charge is 0.341 e. The molecule has 3 heterocycles. The van der Waals surface area contributed by atoms with Crippen LogP contribution in [0.3, 0.4) is 0 Å². The lowest BCUT2D eigenvalue weighted by Gasteiger charge is -2.09. The third kappa shape index (κ3) is 3.62. The molecule has 0 radical (unpaired) electrons. The van der Waals surface area contributed by atoms with Gasteiger partial charge in [0.15, 0.2) is 5.82 Å². The number of pyridine rings is 1. The fraction of sp³-hybridized carbons (Fsp3) is 0.389. The Morgan fingerprint density at radius 2 is 2.14 bits per heavy atom. The van der Waals surface area contributed by atoms with Gasteiger partial charge in [0.1, 0.15) is 11.4 Å². The zero-order valence-electron chi connectivity index (χ0n) is 15.3. The minimum absolute atomic E-state index is 0.0223. The van der Waals surface area contributed by atoms with Crippen LogP contribution >= 0.6 is 0 Å². The number of hydrogen-bond acceptors (Lipinski definition) is 6. The monoisotopic (exact) mass is 388 g/mol. The minimum Gasteiger partial charge on any atom is -0.341 e. The summed E-state index contributed by atoms with van der Waals surface area (Å²) in [7, 11) is 1.43. The van der Waals surface area contributed by atoms with Gasteiger partial charge in [-0.2, -0.15) is 10.1 Å². The maximum atomic E-state index is 12.8. The predicted molar refractivity (Wildman–Crippen MR) is 93.6 cm³/mol. The number of carbonyl (C=O) groups is 1. The van der Waals surface area contributed by atoms with Crippen molar-refractivity contribution in [3.8, 4) is 11.5 Å². The summed E-state index contributed by atoms with van der Waals surface area (Å²) >= 11 is 0. The normalized spacial score (nSPS) is 15.0. The van der Waals surface area contributed by atoms with E-state index in [9.17, 15) is 13.6 Å². The summed E-state index contributed by atoms with van der Waals surface area (Å²) in [5.41, 5.74) is 1.34. The average Bonchev–Trinajstić information content (AvgIpc) is 3.26. The van der Waals surface area contributed by atoms with Gasteiger partial charge in [-0.1, -0.05) is 5.16 Å². The Bertz CT molecular complexity index is 1010. The Hall–Kier alpha value is -3.17. The van der Waals surface area contributed by atoms with Crippen LogP contribution < -0.4 is 5.32 Å². The highest BCUT2D eigenvalue weighted by Crippen LogP contribution is 2.39. The van der Waals surface area contributed by atoms with Gasteiger partial charge in [-0.05, 0) is 38.0 Å². The van der Waals surface area contributed by atoms with Gasteiger partial charge in [0, 0.05) is 30.4 Å². The van der Waals surface area contributed by atoms with Gasteiger partial charge < -0.3 is 9.84 Å². The molecular weight excluding hydrogens is 370 g/mol. The van der Waals surface area contributed by atoms with E-state index in [4.69, 9.17) is 4.52 Å². The molecule has 0 bridgehead atoms. The molecule has 3 aromatic rings. The predicted octanol–water partition coefficient (Wildman–Crippen LogP) is 3.17. The Balaban J connectivity index is 1.48. The van der Waals surface area contributed by atoms with E-state index >= 15 is 0 Å². The molecule has 1 saturated carbocycles. The van der Waals surface area contributed by atoms with E-state index in [1.165, 1.54) is 7.05 Å².